The summed E-state index contributed by atoms with van der Waals surface area (Å²) in [7, 11) is 0. The summed E-state index contributed by atoms with van der Waals surface area (Å²) in [5.41, 5.74) is 5.80. The van der Waals surface area contributed by atoms with Crippen LogP contribution in [0, 0.1) is 0 Å². The van der Waals surface area contributed by atoms with Gasteiger partial charge in [0.05, 0.1) is 6.21 Å². The van der Waals surface area contributed by atoms with Crippen LogP contribution in [-0.4, -0.2) is 17.1 Å². The Morgan fingerprint density at radius 1 is 0.921 bits per heavy atom. The third-order valence-corrected chi connectivity index (χ3v) is 6.95. The fourth-order valence-corrected chi connectivity index (χ4v) is 4.70. The van der Waals surface area contributed by atoms with Crippen LogP contribution in [0.5, 0.6) is 11.5 Å². The highest BCUT2D eigenvalue weighted by molar-refractivity contribution is 9.10. The number of carbonyl (C=O) groups is 1. The summed E-state index contributed by atoms with van der Waals surface area (Å²) < 4.78 is 6.79. The van der Waals surface area contributed by atoms with E-state index in [9.17, 15) is 4.79 Å². The van der Waals surface area contributed by atoms with E-state index in [1.807, 2.05) is 78.9 Å². The van der Waals surface area contributed by atoms with Crippen LogP contribution in [0.25, 0.3) is 11.3 Å². The molecule has 0 saturated heterocycles. The molecule has 1 aromatic heterocycles. The molecule has 0 radical (unpaired) electrons. The molecule has 4 aromatic carbocycles. The van der Waals surface area contributed by atoms with Gasteiger partial charge in [-0.3, -0.25) is 10.2 Å². The lowest BCUT2D eigenvalue weighted by Crippen LogP contribution is -2.11. The molecule has 0 aliphatic carbocycles. The number of halogens is 2. The van der Waals surface area contributed by atoms with Gasteiger partial charge in [-0.15, -0.1) is 0 Å². The van der Waals surface area contributed by atoms with Crippen LogP contribution in [0.2, 0.25) is 5.02 Å². The van der Waals surface area contributed by atoms with Gasteiger partial charge in [-0.05, 0) is 66.2 Å². The summed E-state index contributed by atoms with van der Waals surface area (Å²) >= 11 is 10.8. The summed E-state index contributed by atoms with van der Waals surface area (Å²) in [6, 6.07) is 31.6. The van der Waals surface area contributed by atoms with Gasteiger partial charge >= 0.3 is 0 Å². The highest BCUT2D eigenvalue weighted by Crippen LogP contribution is 2.36. The number of aromatic nitrogens is 1. The van der Waals surface area contributed by atoms with Crippen LogP contribution in [0.1, 0.15) is 15.9 Å². The van der Waals surface area contributed by atoms with Gasteiger partial charge in [-0.1, -0.05) is 81.3 Å². The SMILES string of the molecule is O=C(Nc1sc(NN=Cc2cccc(Oc3ccccc3)c2)nc1-c1ccc(Cl)cc1)c1ccc(Br)cc1. The molecule has 5 aromatic rings. The van der Waals surface area contributed by atoms with Crippen LogP contribution in [-0.2, 0) is 0 Å². The number of ether oxygens (including phenoxy) is 1. The number of thiazole rings is 1. The van der Waals surface area contributed by atoms with Crippen molar-refractivity contribution in [1.29, 1.82) is 0 Å². The summed E-state index contributed by atoms with van der Waals surface area (Å²) in [5.74, 6) is 1.23. The summed E-state index contributed by atoms with van der Waals surface area (Å²) in [6.45, 7) is 0. The molecule has 0 bridgehead atoms. The van der Waals surface area contributed by atoms with Gasteiger partial charge in [0.15, 0.2) is 0 Å². The van der Waals surface area contributed by atoms with E-state index in [-0.39, 0.29) is 5.91 Å². The molecule has 0 fully saturated rings. The standard InChI is InChI=1S/C29H20BrClN4O2S/c30-22-13-9-21(10-14-22)27(36)34-28-26(20-11-15-23(31)16-12-20)33-29(38-28)35-32-18-19-5-4-8-25(17-19)37-24-6-2-1-3-7-24/h1-18H,(H,33,35)(H,34,36). The lowest BCUT2D eigenvalue weighted by Gasteiger charge is -2.06. The average molecular weight is 604 g/mol. The van der Waals surface area contributed by atoms with Crippen molar-refractivity contribution in [3.63, 3.8) is 0 Å². The molecule has 2 N–H and O–H groups in total. The minimum absolute atomic E-state index is 0.235. The lowest BCUT2D eigenvalue weighted by molar-refractivity contribution is 0.102. The Balaban J connectivity index is 1.34. The highest BCUT2D eigenvalue weighted by Gasteiger charge is 2.17. The zero-order valence-corrected chi connectivity index (χ0v) is 22.9. The number of hydrazone groups is 1. The molecule has 38 heavy (non-hydrogen) atoms. The number of anilines is 2. The van der Waals surface area contributed by atoms with E-state index in [1.54, 1.807) is 30.5 Å². The largest absolute Gasteiger partial charge is 0.457 e. The third kappa shape index (κ3) is 6.66. The number of rotatable bonds is 8. The monoisotopic (exact) mass is 602 g/mol. The predicted octanol–water partition coefficient (Wildman–Crippen LogP) is 8.72. The maximum Gasteiger partial charge on any atom is 0.256 e. The first-order valence-electron chi connectivity index (χ1n) is 11.5. The van der Waals surface area contributed by atoms with Gasteiger partial charge in [0.1, 0.15) is 22.2 Å². The van der Waals surface area contributed by atoms with Gasteiger partial charge in [-0.25, -0.2) is 4.98 Å². The predicted molar refractivity (Wildman–Crippen MR) is 159 cm³/mol. The number of para-hydroxylation sites is 1. The fraction of sp³-hybridized carbons (Fsp3) is 0. The molecule has 0 saturated carbocycles. The van der Waals surface area contributed by atoms with E-state index < -0.39 is 0 Å². The smallest absolute Gasteiger partial charge is 0.256 e. The van der Waals surface area contributed by atoms with Gasteiger partial charge in [0, 0.05) is 20.6 Å². The normalized spacial score (nSPS) is 10.9. The molecule has 188 valence electrons. The topological polar surface area (TPSA) is 75.6 Å². The van der Waals surface area contributed by atoms with Crippen molar-refractivity contribution in [3.8, 4) is 22.8 Å². The molecule has 5 rings (SSSR count). The van der Waals surface area contributed by atoms with Crippen LogP contribution in [0.4, 0.5) is 10.1 Å². The van der Waals surface area contributed by atoms with E-state index >= 15 is 0 Å². The molecule has 0 atom stereocenters. The molecule has 0 aliphatic heterocycles. The van der Waals surface area contributed by atoms with Crippen molar-refractivity contribution in [2.75, 3.05) is 10.7 Å². The number of nitrogens with zero attached hydrogens (tertiary/aromatic N) is 2. The molecule has 9 heteroatoms. The lowest BCUT2D eigenvalue weighted by atomic mass is 10.1. The Hall–Kier alpha value is -3.98. The van der Waals surface area contributed by atoms with Crippen LogP contribution in [0.15, 0.2) is 113 Å². The van der Waals surface area contributed by atoms with Crippen molar-refractivity contribution in [2.45, 2.75) is 0 Å². The maximum atomic E-state index is 12.9. The molecule has 0 aliphatic rings. The first-order valence-corrected chi connectivity index (χ1v) is 13.5. The fourth-order valence-electron chi connectivity index (χ4n) is 3.48. The van der Waals surface area contributed by atoms with E-state index in [4.69, 9.17) is 16.3 Å². The van der Waals surface area contributed by atoms with Crippen molar-refractivity contribution < 1.29 is 9.53 Å². The number of hydrogen-bond acceptors (Lipinski definition) is 6. The van der Waals surface area contributed by atoms with E-state index in [1.165, 1.54) is 11.3 Å². The second-order valence-corrected chi connectivity index (χ2v) is 10.4. The van der Waals surface area contributed by atoms with Crippen LogP contribution in [0.3, 0.4) is 0 Å². The zero-order valence-electron chi connectivity index (χ0n) is 19.8. The Morgan fingerprint density at radius 3 is 2.42 bits per heavy atom. The third-order valence-electron chi connectivity index (χ3n) is 5.29. The van der Waals surface area contributed by atoms with Crippen LogP contribution >= 0.6 is 38.9 Å². The number of hydrogen-bond donors (Lipinski definition) is 2. The number of nitrogens with one attached hydrogen (secondary N) is 2. The second kappa shape index (κ2) is 12.0. The molecular weight excluding hydrogens is 584 g/mol. The minimum atomic E-state index is -0.235. The molecule has 0 unspecified atom stereocenters. The number of benzene rings is 4. The van der Waals surface area contributed by atoms with Gasteiger partial charge in [0.25, 0.3) is 5.91 Å². The van der Waals surface area contributed by atoms with Gasteiger partial charge in [0.2, 0.25) is 5.13 Å². The second-order valence-electron chi connectivity index (χ2n) is 8.02. The quantitative estimate of drug-likeness (QED) is 0.137. The molecule has 6 nitrogen and oxygen atoms in total. The Morgan fingerprint density at radius 2 is 1.66 bits per heavy atom. The number of carbonyl (C=O) groups excluding carboxylic acids is 1. The molecule has 1 heterocycles. The summed E-state index contributed by atoms with van der Waals surface area (Å²) in [5, 5.41) is 9.06. The summed E-state index contributed by atoms with van der Waals surface area (Å²) in [4.78, 5) is 17.6. The first kappa shape index (κ1) is 25.7. The van der Waals surface area contributed by atoms with Crippen molar-refractivity contribution in [1.82, 2.24) is 4.98 Å². The summed E-state index contributed by atoms with van der Waals surface area (Å²) in [6.07, 6.45) is 1.68. The van der Waals surface area contributed by atoms with Crippen molar-refractivity contribution in [2.24, 2.45) is 5.10 Å². The van der Waals surface area contributed by atoms with E-state index in [2.05, 4.69) is 36.8 Å². The Bertz CT molecular complexity index is 1570. The molecule has 1 amide bonds. The molecular formula is C29H20BrClN4O2S. The first-order chi connectivity index (χ1) is 18.5. The maximum absolute atomic E-state index is 12.9. The van der Waals surface area contributed by atoms with Gasteiger partial charge < -0.3 is 10.1 Å². The highest BCUT2D eigenvalue weighted by atomic mass is 79.9. The Labute approximate surface area is 237 Å². The average Bonchev–Trinajstić information content (AvgIpc) is 3.32. The minimum Gasteiger partial charge on any atom is -0.457 e. The van der Waals surface area contributed by atoms with E-state index in [0.717, 1.165) is 21.3 Å². The van der Waals surface area contributed by atoms with Crippen molar-refractivity contribution in [3.05, 3.63) is 124 Å². The van der Waals surface area contributed by atoms with E-state index in [0.29, 0.717) is 32.2 Å². The number of amides is 1. The Kier molecular flexibility index (Phi) is 8.13. The molecule has 0 spiro atoms. The zero-order chi connectivity index (χ0) is 26.3. The van der Waals surface area contributed by atoms with Crippen molar-refractivity contribution >= 4 is 61.1 Å². The van der Waals surface area contributed by atoms with Gasteiger partial charge in [-0.2, -0.15) is 5.10 Å². The van der Waals surface area contributed by atoms with Crippen LogP contribution < -0.4 is 15.5 Å².